The van der Waals surface area contributed by atoms with Gasteiger partial charge in [0.05, 0.1) is 7.11 Å². The Morgan fingerprint density at radius 2 is 1.37 bits per heavy atom. The van der Waals surface area contributed by atoms with Gasteiger partial charge in [-0.15, -0.1) is 0 Å². The fraction of sp³-hybridized carbons (Fsp3) is 0.0800. The van der Waals surface area contributed by atoms with Crippen LogP contribution in [0.5, 0.6) is 23.1 Å². The summed E-state index contributed by atoms with van der Waals surface area (Å²) in [5, 5.41) is 10.5. The molecule has 150 valence electrons. The van der Waals surface area contributed by atoms with E-state index < -0.39 is 0 Å². The maximum Gasteiger partial charge on any atom is 0.215 e. The van der Waals surface area contributed by atoms with Gasteiger partial charge in [0, 0.05) is 22.2 Å². The molecule has 1 unspecified atom stereocenters. The number of aromatic hydroxyl groups is 1. The lowest BCUT2D eigenvalue weighted by molar-refractivity contribution is 0.414. The molecule has 0 aliphatic carbocycles. The van der Waals surface area contributed by atoms with Gasteiger partial charge in [0.15, 0.2) is 0 Å². The van der Waals surface area contributed by atoms with Crippen molar-refractivity contribution in [3.05, 3.63) is 112 Å². The summed E-state index contributed by atoms with van der Waals surface area (Å²) in [6.07, 6.45) is 1.58. The normalized spacial score (nSPS) is 11.7. The molecule has 0 spiro atoms. The van der Waals surface area contributed by atoms with E-state index in [1.54, 1.807) is 13.3 Å². The Bertz CT molecular complexity index is 1110. The molecule has 0 saturated carbocycles. The lowest BCUT2D eigenvalue weighted by atomic mass is 9.85. The van der Waals surface area contributed by atoms with Crippen LogP contribution in [0.3, 0.4) is 0 Å². The van der Waals surface area contributed by atoms with Crippen molar-refractivity contribution < 1.29 is 14.6 Å². The zero-order valence-corrected chi connectivity index (χ0v) is 17.9. The quantitative estimate of drug-likeness (QED) is 0.354. The molecule has 1 N–H and O–H groups in total. The molecule has 4 aromatic rings. The van der Waals surface area contributed by atoms with Gasteiger partial charge in [-0.1, -0.05) is 42.5 Å². The van der Waals surface area contributed by atoms with Crippen molar-refractivity contribution in [3.63, 3.8) is 0 Å². The standard InChI is InChI=1S/C25H20BrNO3/c1-29-20-11-7-17(8-12-20)24(23-15-19(26)16-27-25(23)28)18-9-13-22(14-10-18)30-21-5-3-2-4-6-21/h2-16,24H,1H3,(H,27,28). The highest BCUT2D eigenvalue weighted by Crippen LogP contribution is 2.38. The molecule has 4 rings (SSSR count). The largest absolute Gasteiger partial charge is 0.497 e. The summed E-state index contributed by atoms with van der Waals surface area (Å²) in [6.45, 7) is 0. The monoisotopic (exact) mass is 461 g/mol. The summed E-state index contributed by atoms with van der Waals surface area (Å²) in [5.74, 6) is 2.11. The number of rotatable bonds is 6. The van der Waals surface area contributed by atoms with E-state index in [1.807, 2.05) is 84.9 Å². The third-order valence-electron chi connectivity index (χ3n) is 4.81. The Morgan fingerprint density at radius 3 is 1.97 bits per heavy atom. The van der Waals surface area contributed by atoms with Crippen LogP contribution >= 0.6 is 15.9 Å². The number of ether oxygens (including phenoxy) is 2. The Balaban J connectivity index is 1.72. The summed E-state index contributed by atoms with van der Waals surface area (Å²) in [5.41, 5.74) is 2.74. The third kappa shape index (κ3) is 4.47. The predicted octanol–water partition coefficient (Wildman–Crippen LogP) is 6.53. The highest BCUT2D eigenvalue weighted by Gasteiger charge is 2.21. The minimum atomic E-state index is -0.202. The number of benzene rings is 3. The Hall–Kier alpha value is -3.31. The van der Waals surface area contributed by atoms with Gasteiger partial charge in [-0.05, 0) is 69.5 Å². The van der Waals surface area contributed by atoms with Crippen LogP contribution in [0.25, 0.3) is 0 Å². The van der Waals surface area contributed by atoms with Crippen LogP contribution in [0.1, 0.15) is 22.6 Å². The predicted molar refractivity (Wildman–Crippen MR) is 120 cm³/mol. The first-order chi connectivity index (χ1) is 14.6. The van der Waals surface area contributed by atoms with Crippen LogP contribution in [-0.4, -0.2) is 17.2 Å². The molecule has 0 bridgehead atoms. The number of halogens is 1. The second kappa shape index (κ2) is 9.01. The molecule has 3 aromatic carbocycles. The number of aromatic nitrogens is 1. The van der Waals surface area contributed by atoms with Crippen LogP contribution in [0.15, 0.2) is 95.6 Å². The van der Waals surface area contributed by atoms with E-state index >= 15 is 0 Å². The molecule has 0 radical (unpaired) electrons. The van der Waals surface area contributed by atoms with E-state index in [0.717, 1.165) is 32.8 Å². The maximum absolute atomic E-state index is 10.5. The van der Waals surface area contributed by atoms with Crippen LogP contribution < -0.4 is 9.47 Å². The van der Waals surface area contributed by atoms with Crippen molar-refractivity contribution in [1.82, 2.24) is 4.98 Å². The van der Waals surface area contributed by atoms with E-state index in [9.17, 15) is 5.11 Å². The van der Waals surface area contributed by atoms with E-state index in [2.05, 4.69) is 20.9 Å². The Labute approximate surface area is 183 Å². The van der Waals surface area contributed by atoms with Gasteiger partial charge < -0.3 is 14.6 Å². The van der Waals surface area contributed by atoms with Crippen LogP contribution in [0, 0.1) is 0 Å². The summed E-state index contributed by atoms with van der Waals surface area (Å²) in [7, 11) is 1.64. The Morgan fingerprint density at radius 1 is 0.800 bits per heavy atom. The summed E-state index contributed by atoms with van der Waals surface area (Å²) >= 11 is 3.47. The lowest BCUT2D eigenvalue weighted by Gasteiger charge is -2.20. The SMILES string of the molecule is COc1ccc(C(c2ccc(Oc3ccccc3)cc2)c2cc(Br)cnc2O)cc1. The number of methoxy groups -OCH3 is 1. The zero-order valence-electron chi connectivity index (χ0n) is 16.3. The molecule has 0 aliphatic rings. The van der Waals surface area contributed by atoms with Gasteiger partial charge in [0.1, 0.15) is 17.2 Å². The molecule has 1 aromatic heterocycles. The van der Waals surface area contributed by atoms with Crippen LogP contribution in [-0.2, 0) is 0 Å². The van der Waals surface area contributed by atoms with Crippen LogP contribution in [0.4, 0.5) is 0 Å². The average molecular weight is 462 g/mol. The highest BCUT2D eigenvalue weighted by atomic mass is 79.9. The molecule has 1 heterocycles. The zero-order chi connectivity index (χ0) is 20.9. The van der Waals surface area contributed by atoms with Crippen molar-refractivity contribution in [2.45, 2.75) is 5.92 Å². The van der Waals surface area contributed by atoms with E-state index in [-0.39, 0.29) is 11.8 Å². The second-order valence-electron chi connectivity index (χ2n) is 6.76. The van der Waals surface area contributed by atoms with Gasteiger partial charge >= 0.3 is 0 Å². The highest BCUT2D eigenvalue weighted by molar-refractivity contribution is 9.10. The summed E-state index contributed by atoms with van der Waals surface area (Å²) < 4.78 is 12.0. The fourth-order valence-corrected chi connectivity index (χ4v) is 3.71. The molecule has 4 nitrogen and oxygen atoms in total. The minimum absolute atomic E-state index is 0.00336. The van der Waals surface area contributed by atoms with Gasteiger partial charge in [0.25, 0.3) is 0 Å². The van der Waals surface area contributed by atoms with Crippen molar-refractivity contribution in [2.75, 3.05) is 7.11 Å². The van der Waals surface area contributed by atoms with Crippen molar-refractivity contribution in [1.29, 1.82) is 0 Å². The molecule has 0 amide bonds. The van der Waals surface area contributed by atoms with Gasteiger partial charge in [-0.2, -0.15) is 0 Å². The first-order valence-electron chi connectivity index (χ1n) is 9.45. The first-order valence-corrected chi connectivity index (χ1v) is 10.2. The number of pyridine rings is 1. The molecule has 0 aliphatic heterocycles. The second-order valence-corrected chi connectivity index (χ2v) is 7.67. The van der Waals surface area contributed by atoms with Gasteiger partial charge in [-0.25, -0.2) is 4.98 Å². The Kier molecular flexibility index (Phi) is 6.00. The topological polar surface area (TPSA) is 51.6 Å². The summed E-state index contributed by atoms with van der Waals surface area (Å²) in [4.78, 5) is 4.12. The molecule has 1 atom stereocenters. The molecular weight excluding hydrogens is 442 g/mol. The van der Waals surface area contributed by atoms with E-state index in [1.165, 1.54) is 0 Å². The molecular formula is C25H20BrNO3. The lowest BCUT2D eigenvalue weighted by Crippen LogP contribution is -2.05. The fourth-order valence-electron chi connectivity index (χ4n) is 3.36. The molecule has 0 fully saturated rings. The van der Waals surface area contributed by atoms with Crippen LogP contribution in [0.2, 0.25) is 0 Å². The van der Waals surface area contributed by atoms with E-state index in [0.29, 0.717) is 5.56 Å². The van der Waals surface area contributed by atoms with Crippen molar-refractivity contribution in [3.8, 4) is 23.1 Å². The van der Waals surface area contributed by atoms with E-state index in [4.69, 9.17) is 9.47 Å². The molecule has 5 heteroatoms. The smallest absolute Gasteiger partial charge is 0.215 e. The third-order valence-corrected chi connectivity index (χ3v) is 5.25. The first kappa shape index (κ1) is 20.0. The minimum Gasteiger partial charge on any atom is -0.497 e. The van der Waals surface area contributed by atoms with Gasteiger partial charge in [0.2, 0.25) is 5.88 Å². The number of hydrogen-bond donors (Lipinski definition) is 1. The molecule has 0 saturated heterocycles. The van der Waals surface area contributed by atoms with Gasteiger partial charge in [-0.3, -0.25) is 0 Å². The maximum atomic E-state index is 10.5. The van der Waals surface area contributed by atoms with Crippen molar-refractivity contribution in [2.24, 2.45) is 0 Å². The number of hydrogen-bond acceptors (Lipinski definition) is 4. The average Bonchev–Trinajstić information content (AvgIpc) is 2.79. The number of para-hydroxylation sites is 1. The number of nitrogens with zero attached hydrogens (tertiary/aromatic N) is 1. The summed E-state index contributed by atoms with van der Waals surface area (Å²) in [6, 6.07) is 27.3. The molecule has 30 heavy (non-hydrogen) atoms. The van der Waals surface area contributed by atoms with Crippen molar-refractivity contribution >= 4 is 15.9 Å².